The Bertz CT molecular complexity index is 937. The number of rotatable bonds is 7. The van der Waals surface area contributed by atoms with Crippen LogP contribution in [0, 0.1) is 6.92 Å². The summed E-state index contributed by atoms with van der Waals surface area (Å²) in [5.74, 6) is -1.93. The highest BCUT2D eigenvalue weighted by molar-refractivity contribution is 7.99. The molecule has 0 fully saturated rings. The Morgan fingerprint density at radius 2 is 1.62 bits per heavy atom. The normalized spacial score (nSPS) is 11.2. The third-order valence-electron chi connectivity index (χ3n) is 3.45. The molecule has 2 aromatic rings. The van der Waals surface area contributed by atoms with Gasteiger partial charge in [0.1, 0.15) is 0 Å². The summed E-state index contributed by atoms with van der Waals surface area (Å²) in [6, 6.07) is 7.76. The fourth-order valence-corrected chi connectivity index (χ4v) is 4.16. The molecule has 26 heavy (non-hydrogen) atoms. The summed E-state index contributed by atoms with van der Waals surface area (Å²) in [5, 5.41) is 18.2. The largest absolute Gasteiger partial charge is 0.478 e. The molecule has 0 heterocycles. The van der Waals surface area contributed by atoms with Crippen LogP contribution in [0.1, 0.15) is 33.2 Å². The summed E-state index contributed by atoms with van der Waals surface area (Å²) in [6.07, 6.45) is 0. The summed E-state index contributed by atoms with van der Waals surface area (Å²) in [4.78, 5) is 23.1. The molecule has 3 N–H and O–H groups in total. The first-order chi connectivity index (χ1) is 12.1. The maximum absolute atomic E-state index is 12.6. The van der Waals surface area contributed by atoms with Crippen LogP contribution in [0.15, 0.2) is 46.2 Å². The molecule has 2 aromatic carbocycles. The Kier molecular flexibility index (Phi) is 5.94. The van der Waals surface area contributed by atoms with E-state index < -0.39 is 22.0 Å². The SMILES string of the molecule is CCSc1cc(S(=O)(=O)Nc2cc(C(=O)O)cc(C(=O)O)c2)ccc1C. The molecule has 0 radical (unpaired) electrons. The molecule has 0 amide bonds. The van der Waals surface area contributed by atoms with Crippen LogP contribution in [0.5, 0.6) is 0 Å². The number of carboxylic acids is 2. The Morgan fingerprint density at radius 1 is 1.04 bits per heavy atom. The van der Waals surface area contributed by atoms with Gasteiger partial charge in [-0.25, -0.2) is 18.0 Å². The second-order valence-electron chi connectivity index (χ2n) is 5.38. The fraction of sp³-hybridized carbons (Fsp3) is 0.176. The molecule has 0 spiro atoms. The number of benzene rings is 2. The predicted octanol–water partition coefficient (Wildman–Crippen LogP) is 3.30. The minimum atomic E-state index is -4.01. The van der Waals surface area contributed by atoms with Crippen LogP contribution >= 0.6 is 11.8 Å². The number of nitrogens with one attached hydrogen (secondary N) is 1. The van der Waals surface area contributed by atoms with Crippen LogP contribution in [0.3, 0.4) is 0 Å². The molecule has 9 heteroatoms. The number of carboxylic acid groups (broad SMARTS) is 2. The molecule has 0 atom stereocenters. The summed E-state index contributed by atoms with van der Waals surface area (Å²) in [5.41, 5.74) is 0.159. The number of sulfonamides is 1. The molecule has 2 rings (SSSR count). The van der Waals surface area contributed by atoms with Crippen LogP contribution in [0.25, 0.3) is 0 Å². The third kappa shape index (κ3) is 4.55. The number of hydrogen-bond acceptors (Lipinski definition) is 5. The maximum atomic E-state index is 12.6. The van der Waals surface area contributed by atoms with Crippen molar-refractivity contribution < 1.29 is 28.2 Å². The molecule has 0 aromatic heterocycles. The van der Waals surface area contributed by atoms with Crippen LogP contribution in [-0.4, -0.2) is 36.3 Å². The Balaban J connectivity index is 2.45. The van der Waals surface area contributed by atoms with Crippen molar-refractivity contribution >= 4 is 39.4 Å². The smallest absolute Gasteiger partial charge is 0.335 e. The van der Waals surface area contributed by atoms with Gasteiger partial charge in [-0.1, -0.05) is 13.0 Å². The van der Waals surface area contributed by atoms with Gasteiger partial charge in [0.15, 0.2) is 0 Å². The Morgan fingerprint density at radius 3 is 2.12 bits per heavy atom. The number of aromatic carboxylic acids is 2. The summed E-state index contributed by atoms with van der Waals surface area (Å²) >= 11 is 1.50. The van der Waals surface area contributed by atoms with Crippen LogP contribution in [-0.2, 0) is 10.0 Å². The molecule has 0 unspecified atom stereocenters. The average molecular weight is 395 g/mol. The molecule has 0 aliphatic carbocycles. The van der Waals surface area contributed by atoms with E-state index in [1.54, 1.807) is 6.07 Å². The highest BCUT2D eigenvalue weighted by atomic mass is 32.2. The van der Waals surface area contributed by atoms with Gasteiger partial charge in [0, 0.05) is 4.90 Å². The molecule has 0 aliphatic rings. The van der Waals surface area contributed by atoms with Gasteiger partial charge >= 0.3 is 11.9 Å². The van der Waals surface area contributed by atoms with Crippen molar-refractivity contribution in [1.29, 1.82) is 0 Å². The van der Waals surface area contributed by atoms with E-state index in [0.29, 0.717) is 0 Å². The molecule has 7 nitrogen and oxygen atoms in total. The van der Waals surface area contributed by atoms with Gasteiger partial charge in [-0.05, 0) is 48.6 Å². The van der Waals surface area contributed by atoms with E-state index in [-0.39, 0.29) is 21.7 Å². The van der Waals surface area contributed by atoms with Crippen molar-refractivity contribution in [2.75, 3.05) is 10.5 Å². The van der Waals surface area contributed by atoms with Gasteiger partial charge in [0.2, 0.25) is 0 Å². The number of aryl methyl sites for hydroxylation is 1. The van der Waals surface area contributed by atoms with E-state index in [1.807, 2.05) is 13.8 Å². The number of hydrogen-bond donors (Lipinski definition) is 3. The zero-order valence-electron chi connectivity index (χ0n) is 14.0. The third-order valence-corrected chi connectivity index (χ3v) is 5.87. The van der Waals surface area contributed by atoms with Crippen molar-refractivity contribution in [2.24, 2.45) is 0 Å². The lowest BCUT2D eigenvalue weighted by atomic mass is 10.1. The van der Waals surface area contributed by atoms with E-state index >= 15 is 0 Å². The quantitative estimate of drug-likeness (QED) is 0.615. The lowest BCUT2D eigenvalue weighted by molar-refractivity contribution is 0.0696. The second-order valence-corrected chi connectivity index (χ2v) is 8.36. The Hall–Kier alpha value is -2.52. The van der Waals surface area contributed by atoms with Gasteiger partial charge in [-0.3, -0.25) is 4.72 Å². The van der Waals surface area contributed by atoms with E-state index in [2.05, 4.69) is 4.72 Å². The zero-order valence-corrected chi connectivity index (χ0v) is 15.6. The summed E-state index contributed by atoms with van der Waals surface area (Å²) in [7, 11) is -4.01. The highest BCUT2D eigenvalue weighted by Gasteiger charge is 2.18. The van der Waals surface area contributed by atoms with Gasteiger partial charge in [0.25, 0.3) is 10.0 Å². The van der Waals surface area contributed by atoms with Crippen molar-refractivity contribution in [2.45, 2.75) is 23.6 Å². The van der Waals surface area contributed by atoms with Gasteiger partial charge in [-0.2, -0.15) is 0 Å². The number of anilines is 1. The van der Waals surface area contributed by atoms with Crippen LogP contribution in [0.2, 0.25) is 0 Å². The highest BCUT2D eigenvalue weighted by Crippen LogP contribution is 2.27. The van der Waals surface area contributed by atoms with Gasteiger partial charge in [0.05, 0.1) is 21.7 Å². The van der Waals surface area contributed by atoms with E-state index in [4.69, 9.17) is 10.2 Å². The topological polar surface area (TPSA) is 121 Å². The van der Waals surface area contributed by atoms with E-state index in [1.165, 1.54) is 23.9 Å². The molecule has 0 saturated carbocycles. The minimum Gasteiger partial charge on any atom is -0.478 e. The average Bonchev–Trinajstić information content (AvgIpc) is 2.56. The lowest BCUT2D eigenvalue weighted by Gasteiger charge is -2.12. The predicted molar refractivity (Wildman–Crippen MR) is 98.7 cm³/mol. The van der Waals surface area contributed by atoms with Crippen molar-refractivity contribution in [3.8, 4) is 0 Å². The maximum Gasteiger partial charge on any atom is 0.335 e. The lowest BCUT2D eigenvalue weighted by Crippen LogP contribution is -2.14. The summed E-state index contributed by atoms with van der Waals surface area (Å²) < 4.78 is 27.5. The minimum absolute atomic E-state index is 0.0108. The molecular weight excluding hydrogens is 378 g/mol. The summed E-state index contributed by atoms with van der Waals surface area (Å²) in [6.45, 7) is 3.83. The molecule has 0 aliphatic heterocycles. The monoisotopic (exact) mass is 395 g/mol. The Labute approximate surface area is 155 Å². The second kappa shape index (κ2) is 7.79. The molecular formula is C17H17NO6S2. The molecule has 0 bridgehead atoms. The van der Waals surface area contributed by atoms with Crippen molar-refractivity contribution in [1.82, 2.24) is 0 Å². The first-order valence-corrected chi connectivity index (χ1v) is 9.99. The molecule has 138 valence electrons. The van der Waals surface area contributed by atoms with Crippen LogP contribution < -0.4 is 4.72 Å². The zero-order chi connectivity index (χ0) is 19.5. The van der Waals surface area contributed by atoms with Gasteiger partial charge in [-0.15, -0.1) is 11.8 Å². The van der Waals surface area contributed by atoms with E-state index in [9.17, 15) is 18.0 Å². The van der Waals surface area contributed by atoms with Crippen molar-refractivity contribution in [3.05, 3.63) is 53.1 Å². The van der Waals surface area contributed by atoms with Gasteiger partial charge < -0.3 is 10.2 Å². The fourth-order valence-electron chi connectivity index (χ4n) is 2.21. The van der Waals surface area contributed by atoms with Crippen LogP contribution in [0.4, 0.5) is 5.69 Å². The number of carbonyl (C=O) groups is 2. The molecule has 0 saturated heterocycles. The van der Waals surface area contributed by atoms with Crippen molar-refractivity contribution in [3.63, 3.8) is 0 Å². The number of thioether (sulfide) groups is 1. The first-order valence-electron chi connectivity index (χ1n) is 7.52. The first kappa shape index (κ1) is 19.8. The van der Waals surface area contributed by atoms with E-state index in [0.717, 1.165) is 34.4 Å². The standard InChI is InChI=1S/C17H17NO6S2/c1-3-25-15-9-14(5-4-10(15)2)26(23,24)18-13-7-11(16(19)20)6-12(8-13)17(21)22/h4-9,18H,3H2,1-2H3,(H,19,20)(H,21,22).